The third-order valence-corrected chi connectivity index (χ3v) is 3.45. The Kier molecular flexibility index (Phi) is 3.85. The smallest absolute Gasteiger partial charge is 0.238 e. The minimum absolute atomic E-state index is 0.134. The van der Waals surface area contributed by atoms with Crippen LogP contribution in [0.5, 0.6) is 0 Å². The molecule has 0 saturated carbocycles. The van der Waals surface area contributed by atoms with E-state index in [1.807, 2.05) is 6.92 Å². The third-order valence-electron chi connectivity index (χ3n) is 3.45. The summed E-state index contributed by atoms with van der Waals surface area (Å²) < 4.78 is 0. The lowest BCUT2D eigenvalue weighted by Crippen LogP contribution is -2.41. The Labute approximate surface area is 112 Å². The molecule has 2 rings (SSSR count). The Bertz CT molecular complexity index is 513. The summed E-state index contributed by atoms with van der Waals surface area (Å²) in [5.74, 6) is -0.483. The average molecular weight is 261 g/mol. The van der Waals surface area contributed by atoms with Gasteiger partial charge < -0.3 is 11.1 Å². The zero-order chi connectivity index (χ0) is 14.0. The number of fused-ring (bicyclic) bond motifs is 1. The van der Waals surface area contributed by atoms with E-state index in [1.54, 1.807) is 25.2 Å². The van der Waals surface area contributed by atoms with Crippen LogP contribution >= 0.6 is 0 Å². The van der Waals surface area contributed by atoms with Crippen molar-refractivity contribution in [3.8, 4) is 0 Å². The minimum Gasteiger partial charge on any atom is -0.399 e. The number of nitrogens with two attached hydrogens (primary N) is 1. The topological polar surface area (TPSA) is 75.4 Å². The number of imide groups is 1. The Morgan fingerprint density at radius 3 is 2.89 bits per heavy atom. The number of hydrogen-bond donors (Lipinski definition) is 2. The third kappa shape index (κ3) is 2.46. The number of nitrogens with one attached hydrogen (secondary N) is 1. The van der Waals surface area contributed by atoms with E-state index in [0.29, 0.717) is 24.3 Å². The number of hydrogen-bond acceptors (Lipinski definition) is 4. The first-order valence-corrected chi connectivity index (χ1v) is 6.48. The SMILES string of the molecule is CCC(CNC)C(=O)N1C(=O)Cc2cc(N)ccc21. The van der Waals surface area contributed by atoms with Crippen LogP contribution in [0, 0.1) is 5.92 Å². The molecule has 1 aliphatic heterocycles. The van der Waals surface area contributed by atoms with Crippen LogP contribution in [0.25, 0.3) is 0 Å². The standard InChI is InChI=1S/C14H19N3O2/c1-3-9(8-16-2)14(19)17-12-5-4-11(15)6-10(12)7-13(17)18/h4-6,9,16H,3,7-8,15H2,1-2H3. The molecular formula is C14H19N3O2. The van der Waals surface area contributed by atoms with E-state index in [0.717, 1.165) is 5.56 Å². The molecule has 0 bridgehead atoms. The molecule has 5 heteroatoms. The maximum absolute atomic E-state index is 12.5. The van der Waals surface area contributed by atoms with Gasteiger partial charge in [-0.15, -0.1) is 0 Å². The van der Waals surface area contributed by atoms with Gasteiger partial charge in [-0.25, -0.2) is 4.90 Å². The highest BCUT2D eigenvalue weighted by Gasteiger charge is 2.35. The van der Waals surface area contributed by atoms with Crippen LogP contribution < -0.4 is 16.0 Å². The van der Waals surface area contributed by atoms with E-state index in [1.165, 1.54) is 4.90 Å². The van der Waals surface area contributed by atoms with Crippen molar-refractivity contribution in [2.24, 2.45) is 5.92 Å². The van der Waals surface area contributed by atoms with Crippen LogP contribution in [0.4, 0.5) is 11.4 Å². The van der Waals surface area contributed by atoms with Gasteiger partial charge >= 0.3 is 0 Å². The molecule has 1 aromatic carbocycles. The lowest BCUT2D eigenvalue weighted by molar-refractivity contribution is -0.128. The number of carbonyl (C=O) groups is 2. The first kappa shape index (κ1) is 13.5. The molecule has 0 radical (unpaired) electrons. The number of anilines is 2. The summed E-state index contributed by atoms with van der Waals surface area (Å²) in [5.41, 5.74) is 7.83. The number of rotatable bonds is 4. The average Bonchev–Trinajstić information content (AvgIpc) is 2.70. The van der Waals surface area contributed by atoms with Gasteiger partial charge in [0.1, 0.15) is 0 Å². The van der Waals surface area contributed by atoms with Crippen molar-refractivity contribution in [1.29, 1.82) is 0 Å². The van der Waals surface area contributed by atoms with Gasteiger partial charge in [-0.3, -0.25) is 9.59 Å². The van der Waals surface area contributed by atoms with Gasteiger partial charge in [0.05, 0.1) is 18.0 Å². The van der Waals surface area contributed by atoms with Gasteiger partial charge in [-0.05, 0) is 37.2 Å². The summed E-state index contributed by atoms with van der Waals surface area (Å²) in [6, 6.07) is 5.23. The fourth-order valence-electron chi connectivity index (χ4n) is 2.42. The largest absolute Gasteiger partial charge is 0.399 e. The maximum Gasteiger partial charge on any atom is 0.238 e. The second kappa shape index (κ2) is 5.40. The summed E-state index contributed by atoms with van der Waals surface area (Å²) in [6.45, 7) is 2.52. The summed E-state index contributed by atoms with van der Waals surface area (Å²) in [7, 11) is 1.80. The maximum atomic E-state index is 12.5. The second-order valence-electron chi connectivity index (χ2n) is 4.80. The molecule has 3 N–H and O–H groups in total. The summed E-state index contributed by atoms with van der Waals surface area (Å²) in [5, 5.41) is 2.99. The van der Waals surface area contributed by atoms with Gasteiger partial charge in [0.25, 0.3) is 0 Å². The number of benzene rings is 1. The van der Waals surface area contributed by atoms with E-state index in [4.69, 9.17) is 5.73 Å². The Hall–Kier alpha value is -1.88. The van der Waals surface area contributed by atoms with Crippen LogP contribution in [0.2, 0.25) is 0 Å². The quantitative estimate of drug-likeness (QED) is 0.791. The molecular weight excluding hydrogens is 242 g/mol. The van der Waals surface area contributed by atoms with Crippen molar-refractivity contribution in [3.05, 3.63) is 23.8 Å². The zero-order valence-electron chi connectivity index (χ0n) is 11.3. The first-order valence-electron chi connectivity index (χ1n) is 6.48. The Morgan fingerprint density at radius 2 is 2.26 bits per heavy atom. The van der Waals surface area contributed by atoms with Crippen LogP contribution in [0.3, 0.4) is 0 Å². The predicted molar refractivity (Wildman–Crippen MR) is 74.8 cm³/mol. The molecule has 1 atom stereocenters. The summed E-state index contributed by atoms with van der Waals surface area (Å²) in [6.07, 6.45) is 0.954. The van der Waals surface area contributed by atoms with Crippen LogP contribution in [-0.2, 0) is 16.0 Å². The van der Waals surface area contributed by atoms with Gasteiger partial charge in [-0.2, -0.15) is 0 Å². The van der Waals surface area contributed by atoms with Crippen molar-refractivity contribution in [1.82, 2.24) is 5.32 Å². The monoisotopic (exact) mass is 261 g/mol. The highest BCUT2D eigenvalue weighted by molar-refractivity contribution is 6.19. The number of nitrogens with zero attached hydrogens (tertiary/aromatic N) is 1. The molecule has 0 saturated heterocycles. The molecule has 1 aromatic rings. The Morgan fingerprint density at radius 1 is 1.53 bits per heavy atom. The van der Waals surface area contributed by atoms with Crippen LogP contribution in [0.1, 0.15) is 18.9 Å². The normalized spacial score (nSPS) is 15.5. The number of carbonyl (C=O) groups excluding carboxylic acids is 2. The summed E-state index contributed by atoms with van der Waals surface area (Å²) in [4.78, 5) is 25.8. The van der Waals surface area contributed by atoms with E-state index in [2.05, 4.69) is 5.32 Å². The highest BCUT2D eigenvalue weighted by atomic mass is 16.2. The van der Waals surface area contributed by atoms with E-state index < -0.39 is 0 Å². The molecule has 0 aliphatic carbocycles. The van der Waals surface area contributed by atoms with Crippen molar-refractivity contribution in [2.45, 2.75) is 19.8 Å². The van der Waals surface area contributed by atoms with Gasteiger partial charge in [-0.1, -0.05) is 6.92 Å². The molecule has 2 amide bonds. The second-order valence-corrected chi connectivity index (χ2v) is 4.80. The van der Waals surface area contributed by atoms with Crippen molar-refractivity contribution in [2.75, 3.05) is 24.2 Å². The van der Waals surface area contributed by atoms with Gasteiger partial charge in [0.2, 0.25) is 11.8 Å². The molecule has 1 heterocycles. The Balaban J connectivity index is 2.31. The molecule has 102 valence electrons. The fraction of sp³-hybridized carbons (Fsp3) is 0.429. The fourth-order valence-corrected chi connectivity index (χ4v) is 2.42. The van der Waals surface area contributed by atoms with Gasteiger partial charge in [0, 0.05) is 12.2 Å². The van der Waals surface area contributed by atoms with Crippen LogP contribution in [0.15, 0.2) is 18.2 Å². The number of amides is 2. The van der Waals surface area contributed by atoms with E-state index >= 15 is 0 Å². The van der Waals surface area contributed by atoms with E-state index in [-0.39, 0.29) is 24.2 Å². The number of nitrogen functional groups attached to an aromatic ring is 1. The highest BCUT2D eigenvalue weighted by Crippen LogP contribution is 2.31. The molecule has 1 aliphatic rings. The molecule has 5 nitrogen and oxygen atoms in total. The van der Waals surface area contributed by atoms with Crippen molar-refractivity contribution < 1.29 is 9.59 Å². The van der Waals surface area contributed by atoms with Gasteiger partial charge in [0.15, 0.2) is 0 Å². The van der Waals surface area contributed by atoms with E-state index in [9.17, 15) is 9.59 Å². The van der Waals surface area contributed by atoms with Crippen molar-refractivity contribution in [3.63, 3.8) is 0 Å². The first-order chi connectivity index (χ1) is 9.08. The molecule has 0 spiro atoms. The van der Waals surface area contributed by atoms with Crippen molar-refractivity contribution >= 4 is 23.2 Å². The predicted octanol–water partition coefficient (Wildman–Crippen LogP) is 0.930. The molecule has 0 aromatic heterocycles. The van der Waals surface area contributed by atoms with Crippen LogP contribution in [-0.4, -0.2) is 25.4 Å². The lowest BCUT2D eigenvalue weighted by Gasteiger charge is -2.21. The zero-order valence-corrected chi connectivity index (χ0v) is 11.3. The lowest BCUT2D eigenvalue weighted by atomic mass is 10.0. The molecule has 19 heavy (non-hydrogen) atoms. The minimum atomic E-state index is -0.183. The summed E-state index contributed by atoms with van der Waals surface area (Å²) >= 11 is 0. The molecule has 0 fully saturated rings. The molecule has 1 unspecified atom stereocenters.